The van der Waals surface area contributed by atoms with Crippen LogP contribution in [0.5, 0.6) is 0 Å². The molecule has 0 radical (unpaired) electrons. The summed E-state index contributed by atoms with van der Waals surface area (Å²) in [7, 11) is 1.36. The smallest absolute Gasteiger partial charge is 0.307 e. The highest BCUT2D eigenvalue weighted by atomic mass is 16.5. The molecule has 1 N–H and O–H groups in total. The fraction of sp³-hybridized carbons (Fsp3) is 0.500. The molecule has 21 heavy (non-hydrogen) atoms. The van der Waals surface area contributed by atoms with Crippen molar-refractivity contribution in [2.45, 2.75) is 32.5 Å². The number of hydrogen-bond acceptors (Lipinski definition) is 4. The van der Waals surface area contributed by atoms with Crippen molar-refractivity contribution in [1.29, 1.82) is 0 Å². The fourth-order valence-electron chi connectivity index (χ4n) is 2.63. The van der Waals surface area contributed by atoms with Crippen molar-refractivity contribution < 1.29 is 14.3 Å². The summed E-state index contributed by atoms with van der Waals surface area (Å²) in [5.74, 6) is -0.0161. The van der Waals surface area contributed by atoms with Crippen LogP contribution in [0.25, 0.3) is 0 Å². The zero-order valence-electron chi connectivity index (χ0n) is 12.7. The van der Waals surface area contributed by atoms with Gasteiger partial charge in [0.1, 0.15) is 6.04 Å². The first kappa shape index (κ1) is 15.5. The minimum Gasteiger partial charge on any atom is -0.469 e. The van der Waals surface area contributed by atoms with Crippen molar-refractivity contribution >= 4 is 11.9 Å². The van der Waals surface area contributed by atoms with Crippen LogP contribution in [-0.2, 0) is 14.3 Å². The van der Waals surface area contributed by atoms with E-state index < -0.39 is 0 Å². The largest absolute Gasteiger partial charge is 0.469 e. The lowest BCUT2D eigenvalue weighted by Gasteiger charge is -2.26. The number of methoxy groups -OCH3 is 1. The van der Waals surface area contributed by atoms with E-state index in [0.29, 0.717) is 6.54 Å². The van der Waals surface area contributed by atoms with Crippen LogP contribution in [0, 0.1) is 5.92 Å². The highest BCUT2D eigenvalue weighted by Gasteiger charge is 2.40. The lowest BCUT2D eigenvalue weighted by atomic mass is 10.1. The SMILES string of the molecule is COC(=O)CCN1C(=O)C(c2ccccc2)NC1C(C)C. The van der Waals surface area contributed by atoms with Gasteiger partial charge in [0.2, 0.25) is 5.91 Å². The number of nitrogens with one attached hydrogen (secondary N) is 1. The van der Waals surface area contributed by atoms with E-state index in [4.69, 9.17) is 0 Å². The number of carbonyl (C=O) groups excluding carboxylic acids is 2. The normalized spacial score (nSPS) is 21.9. The van der Waals surface area contributed by atoms with E-state index in [-0.39, 0.29) is 36.4 Å². The monoisotopic (exact) mass is 290 g/mol. The van der Waals surface area contributed by atoms with Gasteiger partial charge in [0.15, 0.2) is 0 Å². The standard InChI is InChI=1S/C16H22N2O3/c1-11(2)15-17-14(12-7-5-4-6-8-12)16(20)18(15)10-9-13(19)21-3/h4-8,11,14-15,17H,9-10H2,1-3H3. The predicted octanol–water partition coefficient (Wildman–Crippen LogP) is 1.70. The third-order valence-corrected chi connectivity index (χ3v) is 3.75. The molecule has 1 fully saturated rings. The Morgan fingerprint density at radius 1 is 1.33 bits per heavy atom. The van der Waals surface area contributed by atoms with Gasteiger partial charge in [-0.25, -0.2) is 0 Å². The molecule has 2 rings (SSSR count). The van der Waals surface area contributed by atoms with Crippen molar-refractivity contribution in [3.05, 3.63) is 35.9 Å². The summed E-state index contributed by atoms with van der Waals surface area (Å²) in [4.78, 5) is 25.7. The summed E-state index contributed by atoms with van der Waals surface area (Å²) in [5.41, 5.74) is 0.953. The van der Waals surface area contributed by atoms with Crippen LogP contribution >= 0.6 is 0 Å². The number of carbonyl (C=O) groups is 2. The Bertz CT molecular complexity index is 502. The highest BCUT2D eigenvalue weighted by molar-refractivity contribution is 5.86. The molecule has 2 unspecified atom stereocenters. The molecule has 0 aliphatic carbocycles. The van der Waals surface area contributed by atoms with E-state index in [1.807, 2.05) is 30.3 Å². The van der Waals surface area contributed by atoms with E-state index in [9.17, 15) is 9.59 Å². The molecule has 0 saturated carbocycles. The van der Waals surface area contributed by atoms with Crippen LogP contribution in [0.4, 0.5) is 0 Å². The van der Waals surface area contributed by atoms with Gasteiger partial charge in [0.05, 0.1) is 19.7 Å². The minimum absolute atomic E-state index is 0.0174. The summed E-state index contributed by atoms with van der Waals surface area (Å²) in [6, 6.07) is 9.32. The van der Waals surface area contributed by atoms with Gasteiger partial charge in [-0.15, -0.1) is 0 Å². The van der Waals surface area contributed by atoms with Gasteiger partial charge in [-0.05, 0) is 11.5 Å². The van der Waals surface area contributed by atoms with Gasteiger partial charge in [0.25, 0.3) is 0 Å². The van der Waals surface area contributed by atoms with Crippen LogP contribution in [0.2, 0.25) is 0 Å². The van der Waals surface area contributed by atoms with Crippen molar-refractivity contribution in [2.75, 3.05) is 13.7 Å². The Hall–Kier alpha value is -1.88. The van der Waals surface area contributed by atoms with E-state index in [1.165, 1.54) is 7.11 Å². The second kappa shape index (κ2) is 6.72. The zero-order valence-corrected chi connectivity index (χ0v) is 12.7. The molecule has 1 aliphatic heterocycles. The number of benzene rings is 1. The molecule has 1 aromatic rings. The molecule has 1 saturated heterocycles. The highest BCUT2D eigenvalue weighted by Crippen LogP contribution is 2.27. The average molecular weight is 290 g/mol. The van der Waals surface area contributed by atoms with Crippen LogP contribution in [-0.4, -0.2) is 36.6 Å². The minimum atomic E-state index is -0.337. The molecular weight excluding hydrogens is 268 g/mol. The summed E-state index contributed by atoms with van der Waals surface area (Å²) in [6.07, 6.45) is 0.154. The van der Waals surface area contributed by atoms with Crippen molar-refractivity contribution in [3.8, 4) is 0 Å². The molecule has 5 heteroatoms. The summed E-state index contributed by atoms with van der Waals surface area (Å²) in [5, 5.41) is 3.37. The van der Waals surface area contributed by atoms with E-state index in [2.05, 4.69) is 23.9 Å². The first-order chi connectivity index (χ1) is 10.0. The first-order valence-corrected chi connectivity index (χ1v) is 7.23. The van der Waals surface area contributed by atoms with E-state index in [0.717, 1.165) is 5.56 Å². The number of rotatable bonds is 5. The Balaban J connectivity index is 2.15. The molecule has 5 nitrogen and oxygen atoms in total. The molecule has 114 valence electrons. The van der Waals surface area contributed by atoms with Gasteiger partial charge in [-0.2, -0.15) is 0 Å². The molecule has 1 heterocycles. The third kappa shape index (κ3) is 3.42. The van der Waals surface area contributed by atoms with Crippen molar-refractivity contribution in [1.82, 2.24) is 10.2 Å². The maximum Gasteiger partial charge on any atom is 0.307 e. The number of ether oxygens (including phenoxy) is 1. The molecule has 0 aromatic heterocycles. The topological polar surface area (TPSA) is 58.6 Å². The Labute approximate surface area is 125 Å². The van der Waals surface area contributed by atoms with Gasteiger partial charge in [-0.1, -0.05) is 44.2 Å². The van der Waals surface area contributed by atoms with Crippen LogP contribution < -0.4 is 5.32 Å². The Kier molecular flexibility index (Phi) is 4.96. The number of amides is 1. The van der Waals surface area contributed by atoms with E-state index >= 15 is 0 Å². The maximum absolute atomic E-state index is 12.6. The summed E-state index contributed by atoms with van der Waals surface area (Å²) >= 11 is 0. The van der Waals surface area contributed by atoms with Gasteiger partial charge in [0, 0.05) is 6.54 Å². The lowest BCUT2D eigenvalue weighted by molar-refractivity contribution is -0.141. The molecule has 1 aromatic carbocycles. The van der Waals surface area contributed by atoms with Gasteiger partial charge < -0.3 is 9.64 Å². The predicted molar refractivity (Wildman–Crippen MR) is 79.3 cm³/mol. The second-order valence-corrected chi connectivity index (χ2v) is 5.56. The van der Waals surface area contributed by atoms with Crippen LogP contribution in [0.15, 0.2) is 30.3 Å². The van der Waals surface area contributed by atoms with E-state index in [1.54, 1.807) is 4.90 Å². The van der Waals surface area contributed by atoms with Crippen LogP contribution in [0.3, 0.4) is 0 Å². The Morgan fingerprint density at radius 2 is 2.00 bits per heavy atom. The fourth-order valence-corrected chi connectivity index (χ4v) is 2.63. The number of hydrogen-bond donors (Lipinski definition) is 1. The molecule has 1 amide bonds. The maximum atomic E-state index is 12.6. The summed E-state index contributed by atoms with van der Waals surface area (Å²) < 4.78 is 4.66. The molecule has 2 atom stereocenters. The van der Waals surface area contributed by atoms with Gasteiger partial charge >= 0.3 is 5.97 Å². The zero-order chi connectivity index (χ0) is 15.4. The lowest BCUT2D eigenvalue weighted by Crippen LogP contribution is -2.42. The van der Waals surface area contributed by atoms with Crippen LogP contribution in [0.1, 0.15) is 31.9 Å². The summed E-state index contributed by atoms with van der Waals surface area (Å²) in [6.45, 7) is 4.50. The number of nitrogens with zero attached hydrogens (tertiary/aromatic N) is 1. The number of esters is 1. The first-order valence-electron chi connectivity index (χ1n) is 7.23. The molecule has 0 bridgehead atoms. The van der Waals surface area contributed by atoms with Gasteiger partial charge in [-0.3, -0.25) is 14.9 Å². The molecular formula is C16H22N2O3. The van der Waals surface area contributed by atoms with Crippen molar-refractivity contribution in [3.63, 3.8) is 0 Å². The Morgan fingerprint density at radius 3 is 2.57 bits per heavy atom. The quantitative estimate of drug-likeness (QED) is 0.839. The molecule has 1 aliphatic rings. The molecule has 0 spiro atoms. The third-order valence-electron chi connectivity index (χ3n) is 3.75. The average Bonchev–Trinajstić information content (AvgIpc) is 2.83. The second-order valence-electron chi connectivity index (χ2n) is 5.56. The van der Waals surface area contributed by atoms with Crippen molar-refractivity contribution in [2.24, 2.45) is 5.92 Å².